The number of phenolic OH excluding ortho intramolecular Hbond substituents is 1. The molecule has 0 amide bonds. The van der Waals surface area contributed by atoms with Crippen molar-refractivity contribution >= 4 is 54.0 Å². The molecule has 0 aliphatic rings. The number of benzene rings is 4. The third kappa shape index (κ3) is 3.13. The maximum Gasteiger partial charge on any atom is 0.262 e. The lowest BCUT2D eigenvalue weighted by Gasteiger charge is -2.17. The first-order valence-electron chi connectivity index (χ1n) is 10.2. The van der Waals surface area contributed by atoms with Crippen molar-refractivity contribution in [3.63, 3.8) is 0 Å². The molecular formula is C25H23N3O3S. The molecule has 0 unspecified atom stereocenters. The van der Waals surface area contributed by atoms with Crippen LogP contribution in [0.25, 0.3) is 32.6 Å². The number of aromatic hydroxyl groups is 1. The first-order valence-corrected chi connectivity index (χ1v) is 11.7. The summed E-state index contributed by atoms with van der Waals surface area (Å²) in [6.45, 7) is 1.88. The van der Waals surface area contributed by atoms with Crippen LogP contribution in [0.15, 0.2) is 71.6 Å². The van der Waals surface area contributed by atoms with Crippen molar-refractivity contribution in [3.8, 4) is 5.75 Å². The Kier molecular flexibility index (Phi) is 4.53. The number of hydrogen-bond donors (Lipinski definition) is 3. The third-order valence-electron chi connectivity index (χ3n) is 5.89. The average molecular weight is 446 g/mol. The summed E-state index contributed by atoms with van der Waals surface area (Å²) >= 11 is 0. The molecule has 4 aromatic carbocycles. The number of aromatic nitrogens is 1. The number of nitrogens with zero attached hydrogens (tertiary/aromatic N) is 1. The summed E-state index contributed by atoms with van der Waals surface area (Å²) in [4.78, 5) is 5.51. The molecule has 162 valence electrons. The van der Waals surface area contributed by atoms with E-state index in [1.54, 1.807) is 30.3 Å². The summed E-state index contributed by atoms with van der Waals surface area (Å²) < 4.78 is 29.6. The van der Waals surface area contributed by atoms with Gasteiger partial charge in [-0.1, -0.05) is 30.3 Å². The average Bonchev–Trinajstić information content (AvgIpc) is 3.13. The highest BCUT2D eigenvalue weighted by molar-refractivity contribution is 7.93. The van der Waals surface area contributed by atoms with E-state index in [9.17, 15) is 13.5 Å². The van der Waals surface area contributed by atoms with E-state index in [4.69, 9.17) is 0 Å². The summed E-state index contributed by atoms with van der Waals surface area (Å²) in [6.07, 6.45) is 0. The van der Waals surface area contributed by atoms with Gasteiger partial charge in [-0.05, 0) is 42.8 Å². The Morgan fingerprint density at radius 2 is 1.59 bits per heavy atom. The zero-order valence-corrected chi connectivity index (χ0v) is 18.8. The van der Waals surface area contributed by atoms with Crippen LogP contribution >= 0.6 is 0 Å². The van der Waals surface area contributed by atoms with Crippen LogP contribution in [0.5, 0.6) is 5.75 Å². The number of anilines is 2. The number of nitrogens with one attached hydrogen (secondary N) is 2. The normalized spacial score (nSPS) is 12.0. The number of sulfonamides is 1. The first kappa shape index (κ1) is 20.2. The molecule has 0 saturated carbocycles. The maximum absolute atomic E-state index is 13.4. The van der Waals surface area contributed by atoms with E-state index in [1.165, 1.54) is 0 Å². The van der Waals surface area contributed by atoms with Crippen molar-refractivity contribution < 1.29 is 13.5 Å². The SMILES string of the molecule is Cc1c(NS(=O)(=O)c2cccc3c(N(C)C)cccc23)ccc2c1[nH]c1cc(O)ccc12. The molecule has 6 nitrogen and oxygen atoms in total. The van der Waals surface area contributed by atoms with Crippen molar-refractivity contribution in [2.75, 3.05) is 23.7 Å². The highest BCUT2D eigenvalue weighted by Crippen LogP contribution is 2.35. The van der Waals surface area contributed by atoms with Crippen molar-refractivity contribution in [1.29, 1.82) is 0 Å². The Bertz CT molecular complexity index is 1620. The van der Waals surface area contributed by atoms with Crippen LogP contribution < -0.4 is 9.62 Å². The minimum atomic E-state index is -3.83. The van der Waals surface area contributed by atoms with Crippen LogP contribution in [0.4, 0.5) is 11.4 Å². The van der Waals surface area contributed by atoms with Gasteiger partial charge in [0.1, 0.15) is 5.75 Å². The van der Waals surface area contributed by atoms with Gasteiger partial charge in [0.25, 0.3) is 10.0 Å². The Morgan fingerprint density at radius 3 is 2.38 bits per heavy atom. The molecule has 0 fully saturated rings. The summed E-state index contributed by atoms with van der Waals surface area (Å²) in [5, 5.41) is 13.3. The number of fused-ring (bicyclic) bond motifs is 4. The molecule has 0 saturated heterocycles. The van der Waals surface area contributed by atoms with Gasteiger partial charge in [-0.25, -0.2) is 8.42 Å². The molecule has 1 heterocycles. The molecule has 3 N–H and O–H groups in total. The molecular weight excluding hydrogens is 422 g/mol. The summed E-state index contributed by atoms with van der Waals surface area (Å²) in [5.41, 5.74) is 3.88. The Morgan fingerprint density at radius 1 is 0.875 bits per heavy atom. The van der Waals surface area contributed by atoms with E-state index >= 15 is 0 Å². The van der Waals surface area contributed by atoms with Gasteiger partial charge >= 0.3 is 0 Å². The van der Waals surface area contributed by atoms with E-state index in [-0.39, 0.29) is 10.6 Å². The van der Waals surface area contributed by atoms with Gasteiger partial charge in [-0.15, -0.1) is 0 Å². The Hall–Kier alpha value is -3.71. The topological polar surface area (TPSA) is 85.4 Å². The van der Waals surface area contributed by atoms with Gasteiger partial charge in [0.05, 0.1) is 21.6 Å². The van der Waals surface area contributed by atoms with Crippen molar-refractivity contribution in [2.24, 2.45) is 0 Å². The first-order chi connectivity index (χ1) is 15.3. The number of aromatic amines is 1. The monoisotopic (exact) mass is 445 g/mol. The number of aryl methyl sites for hydroxylation is 1. The van der Waals surface area contributed by atoms with E-state index < -0.39 is 10.0 Å². The summed E-state index contributed by atoms with van der Waals surface area (Å²) in [5.74, 6) is 0.177. The van der Waals surface area contributed by atoms with Crippen LogP contribution in [-0.4, -0.2) is 32.6 Å². The van der Waals surface area contributed by atoms with Crippen LogP contribution in [0.1, 0.15) is 5.56 Å². The van der Waals surface area contributed by atoms with Crippen molar-refractivity contribution in [2.45, 2.75) is 11.8 Å². The van der Waals surface area contributed by atoms with Gasteiger partial charge < -0.3 is 15.0 Å². The smallest absolute Gasteiger partial charge is 0.262 e. The lowest BCUT2D eigenvalue weighted by molar-refractivity contribution is 0.476. The van der Waals surface area contributed by atoms with Crippen molar-refractivity contribution in [3.05, 3.63) is 72.3 Å². The number of rotatable bonds is 4. The highest BCUT2D eigenvalue weighted by atomic mass is 32.2. The minimum Gasteiger partial charge on any atom is -0.508 e. The quantitative estimate of drug-likeness (QED) is 0.348. The number of hydrogen-bond acceptors (Lipinski definition) is 4. The molecule has 5 rings (SSSR count). The fourth-order valence-corrected chi connectivity index (χ4v) is 5.65. The second kappa shape index (κ2) is 7.17. The van der Waals surface area contributed by atoms with Gasteiger partial charge in [0, 0.05) is 47.4 Å². The Balaban J connectivity index is 1.63. The molecule has 0 atom stereocenters. The van der Waals surface area contributed by atoms with Gasteiger partial charge in [0.2, 0.25) is 0 Å². The van der Waals surface area contributed by atoms with Gasteiger partial charge in [-0.2, -0.15) is 0 Å². The van der Waals surface area contributed by atoms with Gasteiger partial charge in [-0.3, -0.25) is 4.72 Å². The summed E-state index contributed by atoms with van der Waals surface area (Å²) in [6, 6.07) is 19.8. The van der Waals surface area contributed by atoms with Crippen LogP contribution in [0.2, 0.25) is 0 Å². The molecule has 5 aromatic rings. The third-order valence-corrected chi connectivity index (χ3v) is 7.32. The van der Waals surface area contributed by atoms with Crippen molar-refractivity contribution in [1.82, 2.24) is 4.98 Å². The number of phenols is 1. The molecule has 0 spiro atoms. The van der Waals surface area contributed by atoms with E-state index in [1.807, 2.05) is 62.3 Å². The minimum absolute atomic E-state index is 0.177. The van der Waals surface area contributed by atoms with E-state index in [2.05, 4.69) is 9.71 Å². The predicted molar refractivity (Wildman–Crippen MR) is 131 cm³/mol. The molecule has 0 aliphatic heterocycles. The zero-order valence-electron chi connectivity index (χ0n) is 18.0. The predicted octanol–water partition coefficient (Wildman–Crippen LogP) is 5.36. The lowest BCUT2D eigenvalue weighted by Crippen LogP contribution is -2.15. The lowest BCUT2D eigenvalue weighted by atomic mass is 10.1. The van der Waals surface area contributed by atoms with E-state index in [0.29, 0.717) is 11.1 Å². The van der Waals surface area contributed by atoms with Crippen LogP contribution in [-0.2, 0) is 10.0 Å². The standard InChI is InChI=1S/C25H23N3O3S/c1-15-21(13-12-20-17-11-10-16(29)14-22(17)26-25(15)20)27-32(30,31)24-9-5-6-18-19(24)7-4-8-23(18)28(2)3/h4-14,26-27,29H,1-3H3. The molecule has 0 aliphatic carbocycles. The second-order valence-corrected chi connectivity index (χ2v) is 9.79. The Labute approximate surface area is 186 Å². The molecule has 0 bridgehead atoms. The molecule has 32 heavy (non-hydrogen) atoms. The number of H-pyrrole nitrogens is 1. The second-order valence-electron chi connectivity index (χ2n) is 8.14. The largest absolute Gasteiger partial charge is 0.508 e. The molecule has 7 heteroatoms. The molecule has 0 radical (unpaired) electrons. The van der Waals surface area contributed by atoms with E-state index in [0.717, 1.165) is 38.4 Å². The van der Waals surface area contributed by atoms with Crippen LogP contribution in [0.3, 0.4) is 0 Å². The highest BCUT2D eigenvalue weighted by Gasteiger charge is 2.20. The molecule has 1 aromatic heterocycles. The van der Waals surface area contributed by atoms with Gasteiger partial charge in [0.15, 0.2) is 0 Å². The maximum atomic E-state index is 13.4. The fourth-order valence-electron chi connectivity index (χ4n) is 4.30. The van der Waals surface area contributed by atoms with Crippen LogP contribution in [0, 0.1) is 6.92 Å². The fraction of sp³-hybridized carbons (Fsp3) is 0.120. The zero-order chi connectivity index (χ0) is 22.6. The summed E-state index contributed by atoms with van der Waals surface area (Å²) in [7, 11) is 0.0420.